The van der Waals surface area contributed by atoms with Crippen LogP contribution < -0.4 is 10.4 Å². The molecule has 0 N–H and O–H groups in total. The summed E-state index contributed by atoms with van der Waals surface area (Å²) in [4.78, 5) is 0. The quantitative estimate of drug-likeness (QED) is 0.419. The third kappa shape index (κ3) is 5.56. The van der Waals surface area contributed by atoms with Gasteiger partial charge in [0.05, 0.1) is 8.07 Å². The fourth-order valence-electron chi connectivity index (χ4n) is 4.97. The Hall–Kier alpha value is -1.13. The van der Waals surface area contributed by atoms with Crippen molar-refractivity contribution in [1.82, 2.24) is 0 Å². The molecule has 0 nitrogen and oxygen atoms in total. The molecular weight excluding hydrogens is 392 g/mol. The number of benzene rings is 2. The molecule has 0 aliphatic carbocycles. The van der Waals surface area contributed by atoms with Gasteiger partial charge in [0.2, 0.25) is 0 Å². The predicted molar refractivity (Wildman–Crippen MR) is 145 cm³/mol. The van der Waals surface area contributed by atoms with E-state index in [1.165, 1.54) is 10.4 Å². The van der Waals surface area contributed by atoms with E-state index in [2.05, 4.69) is 143 Å². The summed E-state index contributed by atoms with van der Waals surface area (Å²) in [5, 5.41) is 3.87. The molecule has 30 heavy (non-hydrogen) atoms. The zero-order chi connectivity index (χ0) is 23.4. The van der Waals surface area contributed by atoms with E-state index in [9.17, 15) is 0 Å². The fraction of sp³-hybridized carbons (Fsp3) is 0.571. The van der Waals surface area contributed by atoms with Crippen LogP contribution in [-0.2, 0) is 0 Å². The Bertz CT molecular complexity index is 699. The van der Waals surface area contributed by atoms with E-state index < -0.39 is 16.1 Å². The fourth-order valence-corrected chi connectivity index (χ4v) is 13.6. The van der Waals surface area contributed by atoms with E-state index in [4.69, 9.17) is 0 Å². The highest BCUT2D eigenvalue weighted by Gasteiger charge is 2.44. The zero-order valence-corrected chi connectivity index (χ0v) is 23.9. The Morgan fingerprint density at radius 2 is 0.833 bits per heavy atom. The molecule has 0 amide bonds. The van der Waals surface area contributed by atoms with Gasteiger partial charge in [0.1, 0.15) is 8.07 Å². The summed E-state index contributed by atoms with van der Waals surface area (Å²) < 4.78 is 0. The number of hydrogen-bond donors (Lipinski definition) is 0. The SMILES string of the molecule is CC(C)(C)[Si](C)(c1ccccc1)c1ccccc1.CC(C)[Si](C)(C(C)C)C(C)(C)C. The molecule has 0 aromatic heterocycles. The van der Waals surface area contributed by atoms with Gasteiger partial charge in [-0.25, -0.2) is 0 Å². The van der Waals surface area contributed by atoms with E-state index in [0.29, 0.717) is 10.1 Å². The summed E-state index contributed by atoms with van der Waals surface area (Å²) >= 11 is 0. The summed E-state index contributed by atoms with van der Waals surface area (Å²) in [6, 6.07) is 22.0. The lowest BCUT2D eigenvalue weighted by Gasteiger charge is -2.47. The van der Waals surface area contributed by atoms with Crippen LogP contribution >= 0.6 is 0 Å². The van der Waals surface area contributed by atoms with Crippen molar-refractivity contribution in [3.8, 4) is 0 Å². The topological polar surface area (TPSA) is 0 Å². The van der Waals surface area contributed by atoms with Crippen molar-refractivity contribution in [1.29, 1.82) is 0 Å². The Morgan fingerprint density at radius 3 is 1.00 bits per heavy atom. The van der Waals surface area contributed by atoms with Crippen LogP contribution in [0.2, 0.25) is 34.3 Å². The molecule has 0 saturated heterocycles. The molecule has 0 spiro atoms. The molecule has 0 radical (unpaired) electrons. The normalized spacial score (nSPS) is 13.3. The van der Waals surface area contributed by atoms with Crippen LogP contribution in [-0.4, -0.2) is 16.1 Å². The van der Waals surface area contributed by atoms with Gasteiger partial charge in [-0.15, -0.1) is 0 Å². The number of hydrogen-bond acceptors (Lipinski definition) is 0. The van der Waals surface area contributed by atoms with Gasteiger partial charge in [0.25, 0.3) is 0 Å². The van der Waals surface area contributed by atoms with E-state index in [1.807, 2.05) is 0 Å². The van der Waals surface area contributed by atoms with Crippen LogP contribution in [0.5, 0.6) is 0 Å². The first-order chi connectivity index (χ1) is 13.6. The van der Waals surface area contributed by atoms with Crippen LogP contribution in [0.1, 0.15) is 69.2 Å². The van der Waals surface area contributed by atoms with Crippen LogP contribution in [0.15, 0.2) is 60.7 Å². The Kier molecular flexibility index (Phi) is 8.97. The Morgan fingerprint density at radius 1 is 0.533 bits per heavy atom. The van der Waals surface area contributed by atoms with Gasteiger partial charge in [-0.1, -0.05) is 164 Å². The summed E-state index contributed by atoms with van der Waals surface area (Å²) in [5.74, 6) is 0. The molecule has 0 heterocycles. The molecule has 2 heteroatoms. The smallest absolute Gasteiger partial charge is 0.0684 e. The first kappa shape index (κ1) is 26.9. The summed E-state index contributed by atoms with van der Waals surface area (Å²) in [6.07, 6.45) is 0. The lowest BCUT2D eigenvalue weighted by molar-refractivity contribution is 0.663. The van der Waals surface area contributed by atoms with Gasteiger partial charge in [-0.05, 0) is 10.1 Å². The van der Waals surface area contributed by atoms with E-state index >= 15 is 0 Å². The van der Waals surface area contributed by atoms with Gasteiger partial charge in [-0.3, -0.25) is 0 Å². The van der Waals surface area contributed by atoms with Gasteiger partial charge >= 0.3 is 0 Å². The van der Waals surface area contributed by atoms with Gasteiger partial charge in [0, 0.05) is 0 Å². The summed E-state index contributed by atoms with van der Waals surface area (Å²) in [6.45, 7) is 29.0. The van der Waals surface area contributed by atoms with Crippen molar-refractivity contribution in [3.63, 3.8) is 0 Å². The second-order valence-corrected chi connectivity index (χ2v) is 23.2. The molecule has 0 saturated carbocycles. The van der Waals surface area contributed by atoms with Crippen LogP contribution in [0.4, 0.5) is 0 Å². The lowest BCUT2D eigenvalue weighted by Crippen LogP contribution is -2.61. The highest BCUT2D eigenvalue weighted by Crippen LogP contribution is 2.49. The third-order valence-electron chi connectivity index (χ3n) is 8.22. The first-order valence-corrected chi connectivity index (χ1v) is 16.9. The molecule has 0 fully saturated rings. The molecule has 0 bridgehead atoms. The molecule has 168 valence electrons. The molecular formula is C28H48Si2. The molecule has 0 atom stereocenters. The van der Waals surface area contributed by atoms with Crippen molar-refractivity contribution >= 4 is 26.5 Å². The minimum Gasteiger partial charge on any atom is -0.0684 e. The zero-order valence-electron chi connectivity index (χ0n) is 21.9. The second-order valence-electron chi connectivity index (χ2n) is 11.9. The van der Waals surface area contributed by atoms with E-state index in [0.717, 1.165) is 11.1 Å². The van der Waals surface area contributed by atoms with Crippen molar-refractivity contribution in [2.45, 2.75) is 103 Å². The molecule has 2 rings (SSSR count). The van der Waals surface area contributed by atoms with Gasteiger partial charge < -0.3 is 0 Å². The third-order valence-corrected chi connectivity index (χ3v) is 22.2. The average molecular weight is 441 g/mol. The van der Waals surface area contributed by atoms with Crippen molar-refractivity contribution < 1.29 is 0 Å². The minimum absolute atomic E-state index is 0.301. The maximum Gasteiger partial charge on any atom is 0.120 e. The van der Waals surface area contributed by atoms with Crippen molar-refractivity contribution in [2.24, 2.45) is 0 Å². The molecule has 0 aliphatic rings. The van der Waals surface area contributed by atoms with Crippen molar-refractivity contribution in [3.05, 3.63) is 60.7 Å². The highest BCUT2D eigenvalue weighted by atomic mass is 28.3. The van der Waals surface area contributed by atoms with Crippen LogP contribution in [0.25, 0.3) is 0 Å². The largest absolute Gasteiger partial charge is 0.120 e. The molecule has 2 aromatic rings. The van der Waals surface area contributed by atoms with Gasteiger partial charge in [0.15, 0.2) is 0 Å². The average Bonchev–Trinajstić information content (AvgIpc) is 2.66. The summed E-state index contributed by atoms with van der Waals surface area (Å²) in [7, 11) is -2.81. The van der Waals surface area contributed by atoms with Crippen LogP contribution in [0.3, 0.4) is 0 Å². The molecule has 0 aliphatic heterocycles. The predicted octanol–water partition coefficient (Wildman–Crippen LogP) is 8.36. The van der Waals surface area contributed by atoms with Gasteiger partial charge in [-0.2, -0.15) is 0 Å². The highest BCUT2D eigenvalue weighted by molar-refractivity contribution is 7.03. The van der Waals surface area contributed by atoms with E-state index in [1.54, 1.807) is 0 Å². The monoisotopic (exact) mass is 440 g/mol. The molecule has 0 unspecified atom stereocenters. The summed E-state index contributed by atoms with van der Waals surface area (Å²) in [5.41, 5.74) is 1.77. The Balaban J connectivity index is 0.000000329. The molecule has 2 aromatic carbocycles. The van der Waals surface area contributed by atoms with Crippen molar-refractivity contribution in [2.75, 3.05) is 0 Å². The van der Waals surface area contributed by atoms with Crippen LogP contribution in [0, 0.1) is 0 Å². The maximum atomic E-state index is 2.56. The lowest BCUT2D eigenvalue weighted by atomic mass is 10.2. The standard InChI is InChI=1S/C17H22Si.C11H26Si/c1-17(2,3)18(4,15-11-7-5-8-12-15)16-13-9-6-10-14-16;1-9(2)12(8,10(3)4)11(5,6)7/h5-14H,1-4H3;9-10H,1-8H3. The number of rotatable bonds is 4. The maximum absolute atomic E-state index is 2.56. The minimum atomic E-state index is -1.70. The Labute approximate surface area is 190 Å². The van der Waals surface area contributed by atoms with E-state index in [-0.39, 0.29) is 0 Å². The second kappa shape index (κ2) is 10.00. The first-order valence-electron chi connectivity index (χ1n) is 11.7.